The first-order chi connectivity index (χ1) is 9.11. The Labute approximate surface area is 120 Å². The molecular formula is C14H15BrN2O2. The molecule has 1 aromatic carbocycles. The molecule has 0 N–H and O–H groups in total. The third kappa shape index (κ3) is 3.23. The van der Waals surface area contributed by atoms with Crippen molar-refractivity contribution >= 4 is 21.9 Å². The number of benzene rings is 1. The van der Waals surface area contributed by atoms with Crippen molar-refractivity contribution < 1.29 is 9.53 Å². The summed E-state index contributed by atoms with van der Waals surface area (Å²) in [4.78, 5) is 11.7. The maximum atomic E-state index is 11.7. The number of hydrogen-bond donors (Lipinski definition) is 0. The average Bonchev–Trinajstić information content (AvgIpc) is 2.87. The van der Waals surface area contributed by atoms with E-state index in [9.17, 15) is 4.79 Å². The Balaban J connectivity index is 2.21. The predicted octanol–water partition coefficient (Wildman–Crippen LogP) is 3.30. The topological polar surface area (TPSA) is 44.1 Å². The summed E-state index contributed by atoms with van der Waals surface area (Å²) in [5.74, 6) is -0.602. The fraction of sp³-hybridized carbons (Fsp3) is 0.286. The molecule has 1 aromatic heterocycles. The third-order valence-corrected chi connectivity index (χ3v) is 3.26. The van der Waals surface area contributed by atoms with Gasteiger partial charge in [0.1, 0.15) is 0 Å². The highest BCUT2D eigenvalue weighted by Gasteiger charge is 2.19. The highest BCUT2D eigenvalue weighted by molar-refractivity contribution is 9.10. The molecule has 0 aliphatic carbocycles. The standard InChI is InChI=1S/C14H15BrN2O2/c1-3-19-14(18)10(2)13-7-8-17(16-13)12-6-4-5-11(15)9-12/h4-10H,3H2,1-2H3. The minimum absolute atomic E-state index is 0.248. The van der Waals surface area contributed by atoms with E-state index in [2.05, 4.69) is 21.0 Å². The van der Waals surface area contributed by atoms with Gasteiger partial charge in [0.15, 0.2) is 0 Å². The Bertz CT molecular complexity index is 580. The van der Waals surface area contributed by atoms with Crippen molar-refractivity contribution in [3.63, 3.8) is 0 Å². The van der Waals surface area contributed by atoms with Crippen molar-refractivity contribution in [1.29, 1.82) is 0 Å². The average molecular weight is 323 g/mol. The van der Waals surface area contributed by atoms with Gasteiger partial charge >= 0.3 is 5.97 Å². The van der Waals surface area contributed by atoms with Gasteiger partial charge in [-0.25, -0.2) is 4.68 Å². The van der Waals surface area contributed by atoms with Crippen LogP contribution in [-0.4, -0.2) is 22.4 Å². The molecule has 1 unspecified atom stereocenters. The van der Waals surface area contributed by atoms with E-state index in [4.69, 9.17) is 4.74 Å². The summed E-state index contributed by atoms with van der Waals surface area (Å²) in [5, 5.41) is 4.42. The first kappa shape index (κ1) is 13.8. The van der Waals surface area contributed by atoms with Crippen molar-refractivity contribution in [1.82, 2.24) is 9.78 Å². The van der Waals surface area contributed by atoms with E-state index in [0.29, 0.717) is 12.3 Å². The highest BCUT2D eigenvalue weighted by Crippen LogP contribution is 2.18. The van der Waals surface area contributed by atoms with Crippen molar-refractivity contribution in [3.05, 3.63) is 46.7 Å². The number of ether oxygens (including phenoxy) is 1. The van der Waals surface area contributed by atoms with Crippen molar-refractivity contribution in [2.24, 2.45) is 0 Å². The van der Waals surface area contributed by atoms with Gasteiger partial charge < -0.3 is 4.74 Å². The van der Waals surface area contributed by atoms with Gasteiger partial charge in [-0.2, -0.15) is 5.10 Å². The van der Waals surface area contributed by atoms with Gasteiger partial charge in [0.05, 0.1) is 23.9 Å². The lowest BCUT2D eigenvalue weighted by molar-refractivity contribution is -0.144. The van der Waals surface area contributed by atoms with Crippen molar-refractivity contribution in [2.45, 2.75) is 19.8 Å². The molecule has 19 heavy (non-hydrogen) atoms. The van der Waals surface area contributed by atoms with Gasteiger partial charge in [-0.1, -0.05) is 22.0 Å². The minimum atomic E-state index is -0.353. The Morgan fingerprint density at radius 3 is 2.95 bits per heavy atom. The van der Waals surface area contributed by atoms with Crippen molar-refractivity contribution in [3.8, 4) is 5.69 Å². The molecule has 0 amide bonds. The molecular weight excluding hydrogens is 308 g/mol. The molecule has 0 aliphatic rings. The summed E-state index contributed by atoms with van der Waals surface area (Å²) in [7, 11) is 0. The van der Waals surface area contributed by atoms with Crippen LogP contribution in [0.5, 0.6) is 0 Å². The summed E-state index contributed by atoms with van der Waals surface area (Å²) in [6.07, 6.45) is 1.84. The Hall–Kier alpha value is -1.62. The SMILES string of the molecule is CCOC(=O)C(C)c1ccn(-c2cccc(Br)c2)n1. The van der Waals surface area contributed by atoms with Crippen LogP contribution >= 0.6 is 15.9 Å². The second-order valence-corrected chi connectivity index (χ2v) is 5.05. The lowest BCUT2D eigenvalue weighted by Crippen LogP contribution is -2.13. The van der Waals surface area contributed by atoms with Gasteiger partial charge in [0.2, 0.25) is 0 Å². The second-order valence-electron chi connectivity index (χ2n) is 4.14. The van der Waals surface area contributed by atoms with Crippen LogP contribution in [0.2, 0.25) is 0 Å². The number of nitrogens with zero attached hydrogens (tertiary/aromatic N) is 2. The van der Waals surface area contributed by atoms with Crippen molar-refractivity contribution in [2.75, 3.05) is 6.61 Å². The number of carbonyl (C=O) groups excluding carboxylic acids is 1. The fourth-order valence-corrected chi connectivity index (χ4v) is 2.11. The third-order valence-electron chi connectivity index (χ3n) is 2.77. The molecule has 0 radical (unpaired) electrons. The molecule has 5 heteroatoms. The maximum Gasteiger partial charge on any atom is 0.314 e. The zero-order chi connectivity index (χ0) is 13.8. The zero-order valence-electron chi connectivity index (χ0n) is 10.8. The largest absolute Gasteiger partial charge is 0.465 e. The van der Waals surface area contributed by atoms with E-state index in [1.54, 1.807) is 18.5 Å². The monoisotopic (exact) mass is 322 g/mol. The predicted molar refractivity (Wildman–Crippen MR) is 76.3 cm³/mol. The molecule has 0 spiro atoms. The maximum absolute atomic E-state index is 11.7. The quantitative estimate of drug-likeness (QED) is 0.811. The fourth-order valence-electron chi connectivity index (χ4n) is 1.72. The number of carbonyl (C=O) groups is 1. The van der Waals surface area contributed by atoms with Crippen LogP contribution in [0.25, 0.3) is 5.69 Å². The van der Waals surface area contributed by atoms with Crippen LogP contribution in [0.3, 0.4) is 0 Å². The normalized spacial score (nSPS) is 12.2. The van der Waals surface area contributed by atoms with E-state index in [1.165, 1.54) is 0 Å². The molecule has 1 atom stereocenters. The number of halogens is 1. The van der Waals surface area contributed by atoms with Crippen LogP contribution in [0, 0.1) is 0 Å². The first-order valence-electron chi connectivity index (χ1n) is 6.10. The smallest absolute Gasteiger partial charge is 0.314 e. The molecule has 100 valence electrons. The number of aromatic nitrogens is 2. The van der Waals surface area contributed by atoms with Gasteiger partial charge in [0.25, 0.3) is 0 Å². The highest BCUT2D eigenvalue weighted by atomic mass is 79.9. The van der Waals surface area contributed by atoms with Crippen LogP contribution in [-0.2, 0) is 9.53 Å². The first-order valence-corrected chi connectivity index (χ1v) is 6.89. The van der Waals surface area contributed by atoms with Crippen LogP contribution in [0.1, 0.15) is 25.5 Å². The summed E-state index contributed by atoms with van der Waals surface area (Å²) >= 11 is 3.42. The molecule has 0 saturated heterocycles. The van der Waals surface area contributed by atoms with Gasteiger partial charge in [-0.15, -0.1) is 0 Å². The lowest BCUT2D eigenvalue weighted by Gasteiger charge is -2.07. The second kappa shape index (κ2) is 6.02. The minimum Gasteiger partial charge on any atom is -0.465 e. The van der Waals surface area contributed by atoms with Crippen LogP contribution < -0.4 is 0 Å². The molecule has 4 nitrogen and oxygen atoms in total. The molecule has 0 aliphatic heterocycles. The van der Waals surface area contributed by atoms with E-state index in [-0.39, 0.29) is 11.9 Å². The molecule has 0 saturated carbocycles. The molecule has 0 fully saturated rings. The molecule has 2 aromatic rings. The van der Waals surface area contributed by atoms with Gasteiger partial charge in [0, 0.05) is 10.7 Å². The van der Waals surface area contributed by atoms with E-state index < -0.39 is 0 Å². The number of rotatable bonds is 4. The number of hydrogen-bond acceptors (Lipinski definition) is 3. The Kier molecular flexibility index (Phi) is 4.37. The molecule has 2 rings (SSSR count). The van der Waals surface area contributed by atoms with Crippen LogP contribution in [0.15, 0.2) is 41.0 Å². The van der Waals surface area contributed by atoms with Crippen LogP contribution in [0.4, 0.5) is 0 Å². The van der Waals surface area contributed by atoms with E-state index in [1.807, 2.05) is 36.5 Å². The molecule has 0 bridgehead atoms. The number of esters is 1. The van der Waals surface area contributed by atoms with Gasteiger partial charge in [-0.05, 0) is 38.1 Å². The lowest BCUT2D eigenvalue weighted by atomic mass is 10.1. The Morgan fingerprint density at radius 2 is 2.26 bits per heavy atom. The summed E-state index contributed by atoms with van der Waals surface area (Å²) in [6, 6.07) is 9.65. The molecule has 1 heterocycles. The zero-order valence-corrected chi connectivity index (χ0v) is 12.4. The summed E-state index contributed by atoms with van der Waals surface area (Å²) in [6.45, 7) is 3.98. The summed E-state index contributed by atoms with van der Waals surface area (Å²) < 4.78 is 7.73. The van der Waals surface area contributed by atoms with E-state index in [0.717, 1.165) is 10.2 Å². The van der Waals surface area contributed by atoms with Gasteiger partial charge in [-0.3, -0.25) is 4.79 Å². The van der Waals surface area contributed by atoms with E-state index >= 15 is 0 Å². The Morgan fingerprint density at radius 1 is 1.47 bits per heavy atom. The summed E-state index contributed by atoms with van der Waals surface area (Å²) in [5.41, 5.74) is 1.65.